The van der Waals surface area contributed by atoms with Gasteiger partial charge in [-0.2, -0.15) is 4.37 Å². The Bertz CT molecular complexity index is 384. The summed E-state index contributed by atoms with van der Waals surface area (Å²) in [6.07, 6.45) is 1.77. The van der Waals surface area contributed by atoms with Crippen molar-refractivity contribution < 1.29 is 0 Å². The Kier molecular flexibility index (Phi) is 2.23. The second-order valence-corrected chi connectivity index (χ2v) is 3.34. The van der Waals surface area contributed by atoms with Crippen molar-refractivity contribution in [2.24, 2.45) is 0 Å². The SMILES string of the molecule is Cc1cccnc1Nc1ccsn1. The Morgan fingerprint density at radius 1 is 1.38 bits per heavy atom. The highest BCUT2D eigenvalue weighted by Crippen LogP contribution is 2.16. The van der Waals surface area contributed by atoms with E-state index in [0.717, 1.165) is 17.2 Å². The van der Waals surface area contributed by atoms with Gasteiger partial charge in [0.15, 0.2) is 0 Å². The molecule has 0 saturated heterocycles. The average Bonchev–Trinajstić information content (AvgIpc) is 2.61. The van der Waals surface area contributed by atoms with E-state index in [-0.39, 0.29) is 0 Å². The highest BCUT2D eigenvalue weighted by atomic mass is 32.1. The van der Waals surface area contributed by atoms with Crippen LogP contribution >= 0.6 is 11.5 Å². The summed E-state index contributed by atoms with van der Waals surface area (Å²) >= 11 is 1.42. The van der Waals surface area contributed by atoms with Gasteiger partial charge in [0.25, 0.3) is 0 Å². The van der Waals surface area contributed by atoms with Crippen molar-refractivity contribution in [2.75, 3.05) is 5.32 Å². The smallest absolute Gasteiger partial charge is 0.145 e. The third kappa shape index (κ3) is 1.84. The molecule has 0 aliphatic heterocycles. The monoisotopic (exact) mass is 191 g/mol. The third-order valence-electron chi connectivity index (χ3n) is 1.69. The summed E-state index contributed by atoms with van der Waals surface area (Å²) in [7, 11) is 0. The van der Waals surface area contributed by atoms with Gasteiger partial charge in [0.05, 0.1) is 0 Å². The molecule has 0 amide bonds. The van der Waals surface area contributed by atoms with Gasteiger partial charge >= 0.3 is 0 Å². The van der Waals surface area contributed by atoms with Gasteiger partial charge in [-0.1, -0.05) is 6.07 Å². The molecule has 2 rings (SSSR count). The second-order valence-electron chi connectivity index (χ2n) is 2.68. The van der Waals surface area contributed by atoms with Crippen LogP contribution < -0.4 is 5.32 Å². The Labute approximate surface area is 80.6 Å². The number of nitrogens with zero attached hydrogens (tertiary/aromatic N) is 2. The van der Waals surface area contributed by atoms with E-state index in [0.29, 0.717) is 0 Å². The molecule has 0 radical (unpaired) electrons. The van der Waals surface area contributed by atoms with Gasteiger partial charge in [-0.15, -0.1) is 0 Å². The lowest BCUT2D eigenvalue weighted by Crippen LogP contribution is -1.95. The fourth-order valence-corrected chi connectivity index (χ4v) is 1.49. The van der Waals surface area contributed by atoms with Crippen LogP contribution in [0.4, 0.5) is 11.6 Å². The van der Waals surface area contributed by atoms with E-state index in [1.165, 1.54) is 11.5 Å². The molecule has 0 spiro atoms. The first kappa shape index (κ1) is 8.19. The Hall–Kier alpha value is -1.42. The van der Waals surface area contributed by atoms with Crippen molar-refractivity contribution in [3.05, 3.63) is 35.3 Å². The molecule has 13 heavy (non-hydrogen) atoms. The minimum absolute atomic E-state index is 0.854. The van der Waals surface area contributed by atoms with Gasteiger partial charge in [-0.05, 0) is 36.2 Å². The van der Waals surface area contributed by atoms with Crippen LogP contribution in [0.1, 0.15) is 5.56 Å². The van der Waals surface area contributed by atoms with E-state index < -0.39 is 0 Å². The van der Waals surface area contributed by atoms with Crippen molar-refractivity contribution in [1.29, 1.82) is 0 Å². The van der Waals surface area contributed by atoms with Crippen LogP contribution in [0.15, 0.2) is 29.8 Å². The van der Waals surface area contributed by atoms with Crippen LogP contribution in [-0.2, 0) is 0 Å². The maximum absolute atomic E-state index is 4.21. The lowest BCUT2D eigenvalue weighted by molar-refractivity contribution is 1.25. The molecule has 66 valence electrons. The van der Waals surface area contributed by atoms with Gasteiger partial charge in [0.1, 0.15) is 11.6 Å². The van der Waals surface area contributed by atoms with E-state index in [1.807, 2.05) is 30.5 Å². The fourth-order valence-electron chi connectivity index (χ4n) is 1.01. The average molecular weight is 191 g/mol. The lowest BCUT2D eigenvalue weighted by Gasteiger charge is -2.03. The number of aryl methyl sites for hydroxylation is 1. The van der Waals surface area contributed by atoms with Crippen molar-refractivity contribution in [1.82, 2.24) is 9.36 Å². The number of hydrogen-bond acceptors (Lipinski definition) is 4. The molecule has 2 heterocycles. The van der Waals surface area contributed by atoms with Gasteiger partial charge in [0.2, 0.25) is 0 Å². The first-order chi connectivity index (χ1) is 6.36. The first-order valence-electron chi connectivity index (χ1n) is 3.95. The van der Waals surface area contributed by atoms with Crippen molar-refractivity contribution >= 4 is 23.2 Å². The van der Waals surface area contributed by atoms with Crippen molar-refractivity contribution in [3.63, 3.8) is 0 Å². The number of hydrogen-bond donors (Lipinski definition) is 1. The Morgan fingerprint density at radius 3 is 3.00 bits per heavy atom. The summed E-state index contributed by atoms with van der Waals surface area (Å²) in [6.45, 7) is 2.02. The Morgan fingerprint density at radius 2 is 2.31 bits per heavy atom. The van der Waals surface area contributed by atoms with Gasteiger partial charge < -0.3 is 5.32 Å². The molecule has 0 saturated carbocycles. The summed E-state index contributed by atoms with van der Waals surface area (Å²) in [5.41, 5.74) is 1.12. The van der Waals surface area contributed by atoms with Gasteiger partial charge in [0, 0.05) is 11.6 Å². The predicted molar refractivity (Wildman–Crippen MR) is 54.4 cm³/mol. The van der Waals surface area contributed by atoms with E-state index in [9.17, 15) is 0 Å². The molecule has 2 aromatic heterocycles. The fraction of sp³-hybridized carbons (Fsp3) is 0.111. The summed E-state index contributed by atoms with van der Waals surface area (Å²) in [5, 5.41) is 5.07. The molecular weight excluding hydrogens is 182 g/mol. The molecule has 0 unspecified atom stereocenters. The molecule has 0 aromatic carbocycles. The molecule has 0 fully saturated rings. The van der Waals surface area contributed by atoms with Gasteiger partial charge in [-0.3, -0.25) is 0 Å². The van der Waals surface area contributed by atoms with Crippen LogP contribution in [0.5, 0.6) is 0 Å². The molecule has 0 bridgehead atoms. The number of pyridine rings is 1. The number of anilines is 2. The molecule has 3 nitrogen and oxygen atoms in total. The molecule has 0 aliphatic carbocycles. The van der Waals surface area contributed by atoms with Crippen molar-refractivity contribution in [2.45, 2.75) is 6.92 Å². The normalized spacial score (nSPS) is 9.92. The first-order valence-corrected chi connectivity index (χ1v) is 4.79. The highest BCUT2D eigenvalue weighted by Gasteiger charge is 1.99. The van der Waals surface area contributed by atoms with Crippen LogP contribution in [0, 0.1) is 6.92 Å². The van der Waals surface area contributed by atoms with Crippen LogP contribution in [0.3, 0.4) is 0 Å². The van der Waals surface area contributed by atoms with E-state index >= 15 is 0 Å². The summed E-state index contributed by atoms with van der Waals surface area (Å²) in [4.78, 5) is 4.21. The Balaban J connectivity index is 2.24. The minimum Gasteiger partial charge on any atom is -0.324 e. The summed E-state index contributed by atoms with van der Waals surface area (Å²) < 4.78 is 4.14. The number of rotatable bonds is 2. The zero-order valence-electron chi connectivity index (χ0n) is 7.19. The second kappa shape index (κ2) is 3.53. The van der Waals surface area contributed by atoms with E-state index in [4.69, 9.17) is 0 Å². The molecule has 1 N–H and O–H groups in total. The number of aromatic nitrogens is 2. The van der Waals surface area contributed by atoms with Crippen LogP contribution in [-0.4, -0.2) is 9.36 Å². The van der Waals surface area contributed by atoms with Crippen LogP contribution in [0.25, 0.3) is 0 Å². The van der Waals surface area contributed by atoms with E-state index in [1.54, 1.807) is 6.20 Å². The largest absolute Gasteiger partial charge is 0.324 e. The quantitative estimate of drug-likeness (QED) is 0.792. The molecular formula is C9H9N3S. The topological polar surface area (TPSA) is 37.8 Å². The molecule has 4 heteroatoms. The minimum atomic E-state index is 0.854. The summed E-state index contributed by atoms with van der Waals surface area (Å²) in [5.74, 6) is 1.72. The van der Waals surface area contributed by atoms with Gasteiger partial charge in [-0.25, -0.2) is 4.98 Å². The molecule has 0 atom stereocenters. The predicted octanol–water partition coefficient (Wildman–Crippen LogP) is 2.59. The third-order valence-corrected chi connectivity index (χ3v) is 2.25. The zero-order valence-corrected chi connectivity index (χ0v) is 8.01. The molecule has 0 aliphatic rings. The summed E-state index contributed by atoms with van der Waals surface area (Å²) in [6, 6.07) is 5.86. The zero-order chi connectivity index (χ0) is 9.10. The number of nitrogens with one attached hydrogen (secondary N) is 1. The maximum Gasteiger partial charge on any atom is 0.145 e. The maximum atomic E-state index is 4.21. The molecule has 2 aromatic rings. The highest BCUT2D eigenvalue weighted by molar-refractivity contribution is 7.03. The standard InChI is InChI=1S/C9H9N3S/c1-7-3-2-5-10-9(7)11-8-4-6-13-12-8/h2-6H,1H3,(H,10,11,12). The lowest BCUT2D eigenvalue weighted by atomic mass is 10.3. The van der Waals surface area contributed by atoms with Crippen molar-refractivity contribution in [3.8, 4) is 0 Å². The van der Waals surface area contributed by atoms with E-state index in [2.05, 4.69) is 14.7 Å². The van der Waals surface area contributed by atoms with Crippen LogP contribution in [0.2, 0.25) is 0 Å².